The Kier molecular flexibility index (Phi) is 5.70. The highest BCUT2D eigenvalue weighted by Gasteiger charge is 2.52. The third-order valence-corrected chi connectivity index (χ3v) is 8.01. The topological polar surface area (TPSA) is 97.0 Å². The third kappa shape index (κ3) is 4.04. The summed E-state index contributed by atoms with van der Waals surface area (Å²) in [4.78, 5) is 39.5. The Morgan fingerprint density at radius 1 is 1.09 bits per heavy atom. The minimum atomic E-state index is -0.818. The number of nitrogens with one attached hydrogen (secondary N) is 2. The van der Waals surface area contributed by atoms with Gasteiger partial charge in [-0.15, -0.1) is 0 Å². The molecule has 2 heterocycles. The van der Waals surface area contributed by atoms with E-state index in [1.54, 1.807) is 0 Å². The molecule has 2 saturated carbocycles. The number of fused-ring (bicyclic) bond motifs is 1. The summed E-state index contributed by atoms with van der Waals surface area (Å²) in [5.41, 5.74) is 0.139. The second-order valence-corrected chi connectivity index (χ2v) is 10.2. The third-order valence-electron chi connectivity index (χ3n) is 8.01. The van der Waals surface area contributed by atoms with Crippen molar-refractivity contribution in [1.82, 2.24) is 15.5 Å². The van der Waals surface area contributed by atoms with Crippen molar-refractivity contribution in [3.63, 3.8) is 0 Å². The normalized spacial score (nSPS) is 28.2. The van der Waals surface area contributed by atoms with Crippen molar-refractivity contribution in [1.29, 1.82) is 0 Å². The first-order valence-electron chi connectivity index (χ1n) is 12.2. The lowest BCUT2D eigenvalue weighted by molar-refractivity contribution is -0.136. The number of carbonyl (C=O) groups excluding carboxylic acids is 3. The minimum Gasteiger partial charge on any atom is -0.486 e. The average molecular weight is 456 g/mol. The first-order chi connectivity index (χ1) is 15.9. The summed E-state index contributed by atoms with van der Waals surface area (Å²) >= 11 is 0. The standard InChI is InChI=1S/C25H33N3O5/c1-17-6-10-25(11-7-17)22(30)28(23(31)27-25)15-21(29)26-16-24(8-2-3-9-24)18-4-5-19-20(14-18)33-13-12-32-19/h4-5,14,17H,2-3,6-13,15-16H2,1H3,(H,26,29)(H,27,31). The van der Waals surface area contributed by atoms with Gasteiger partial charge >= 0.3 is 6.03 Å². The van der Waals surface area contributed by atoms with Crippen molar-refractivity contribution in [2.24, 2.45) is 5.92 Å². The van der Waals surface area contributed by atoms with Gasteiger partial charge in [0.25, 0.3) is 5.91 Å². The van der Waals surface area contributed by atoms with Crippen LogP contribution in [0.4, 0.5) is 4.79 Å². The smallest absolute Gasteiger partial charge is 0.325 e. The summed E-state index contributed by atoms with van der Waals surface area (Å²) in [6.07, 6.45) is 7.23. The molecule has 178 valence electrons. The predicted molar refractivity (Wildman–Crippen MR) is 121 cm³/mol. The zero-order valence-corrected chi connectivity index (χ0v) is 19.3. The van der Waals surface area contributed by atoms with Crippen molar-refractivity contribution in [3.05, 3.63) is 23.8 Å². The summed E-state index contributed by atoms with van der Waals surface area (Å²) in [5, 5.41) is 5.91. The van der Waals surface area contributed by atoms with Gasteiger partial charge in [0.05, 0.1) is 0 Å². The maximum Gasteiger partial charge on any atom is 0.325 e. The number of nitrogens with zero attached hydrogens (tertiary/aromatic N) is 1. The Balaban J connectivity index is 1.24. The molecule has 0 aromatic heterocycles. The van der Waals surface area contributed by atoms with Crippen LogP contribution in [0.5, 0.6) is 11.5 Å². The van der Waals surface area contributed by atoms with Crippen molar-refractivity contribution < 1.29 is 23.9 Å². The Morgan fingerprint density at radius 2 is 1.79 bits per heavy atom. The van der Waals surface area contributed by atoms with E-state index in [0.29, 0.717) is 38.5 Å². The van der Waals surface area contributed by atoms with Crippen LogP contribution in [0, 0.1) is 5.92 Å². The maximum atomic E-state index is 13.1. The van der Waals surface area contributed by atoms with Gasteiger partial charge in [0.15, 0.2) is 11.5 Å². The van der Waals surface area contributed by atoms with Crippen LogP contribution in [0.2, 0.25) is 0 Å². The van der Waals surface area contributed by atoms with E-state index in [9.17, 15) is 14.4 Å². The number of ether oxygens (including phenoxy) is 2. The molecule has 0 unspecified atom stereocenters. The summed E-state index contributed by atoms with van der Waals surface area (Å²) in [6.45, 7) is 3.49. The molecule has 0 atom stereocenters. The number of hydrogen-bond acceptors (Lipinski definition) is 5. The number of benzene rings is 1. The fraction of sp³-hybridized carbons (Fsp3) is 0.640. The summed E-state index contributed by atoms with van der Waals surface area (Å²) < 4.78 is 11.4. The Morgan fingerprint density at radius 3 is 2.52 bits per heavy atom. The van der Waals surface area contributed by atoms with E-state index in [1.165, 1.54) is 0 Å². The highest BCUT2D eigenvalue weighted by Crippen LogP contribution is 2.44. The molecule has 2 N–H and O–H groups in total. The molecule has 1 saturated heterocycles. The fourth-order valence-electron chi connectivity index (χ4n) is 5.87. The zero-order valence-electron chi connectivity index (χ0n) is 19.3. The van der Waals surface area contributed by atoms with E-state index in [2.05, 4.69) is 23.6 Å². The van der Waals surface area contributed by atoms with Gasteiger partial charge in [-0.3, -0.25) is 14.5 Å². The van der Waals surface area contributed by atoms with E-state index in [1.807, 2.05) is 12.1 Å². The van der Waals surface area contributed by atoms with Crippen LogP contribution >= 0.6 is 0 Å². The van der Waals surface area contributed by atoms with Crippen LogP contribution in [0.25, 0.3) is 0 Å². The van der Waals surface area contributed by atoms with Crippen molar-refractivity contribution >= 4 is 17.8 Å². The first kappa shape index (κ1) is 22.0. The molecule has 8 nitrogen and oxygen atoms in total. The summed E-state index contributed by atoms with van der Waals surface area (Å²) in [7, 11) is 0. The van der Waals surface area contributed by atoms with Gasteiger partial charge in [0.2, 0.25) is 5.91 Å². The molecule has 1 aromatic rings. The number of carbonyl (C=O) groups is 3. The molecule has 0 radical (unpaired) electrons. The molecular weight excluding hydrogens is 422 g/mol. The van der Waals surface area contributed by atoms with Gasteiger partial charge in [-0.05, 0) is 62.1 Å². The SMILES string of the molecule is CC1CCC2(CC1)NC(=O)N(CC(=O)NCC1(c3ccc4c(c3)OCCO4)CCCC1)C2=O. The van der Waals surface area contributed by atoms with Crippen LogP contribution in [-0.2, 0) is 15.0 Å². The maximum absolute atomic E-state index is 13.1. The number of urea groups is 1. The number of hydrogen-bond donors (Lipinski definition) is 2. The van der Waals surface area contributed by atoms with Gasteiger partial charge in [0, 0.05) is 12.0 Å². The zero-order chi connectivity index (χ0) is 23.1. The molecule has 0 bridgehead atoms. The molecule has 33 heavy (non-hydrogen) atoms. The molecule has 5 rings (SSSR count). The molecule has 4 aliphatic rings. The Bertz CT molecular complexity index is 947. The molecule has 2 aliphatic heterocycles. The van der Waals surface area contributed by atoms with E-state index in [-0.39, 0.29) is 23.8 Å². The van der Waals surface area contributed by atoms with Crippen molar-refractivity contribution in [3.8, 4) is 11.5 Å². The second-order valence-electron chi connectivity index (χ2n) is 10.2. The van der Waals surface area contributed by atoms with Crippen LogP contribution in [0.15, 0.2) is 18.2 Å². The van der Waals surface area contributed by atoms with Gasteiger partial charge in [0.1, 0.15) is 25.3 Å². The molecule has 2 aliphatic carbocycles. The number of amides is 4. The number of imide groups is 1. The quantitative estimate of drug-likeness (QED) is 0.666. The van der Waals surface area contributed by atoms with Crippen LogP contribution in [-0.4, -0.2) is 54.6 Å². The predicted octanol–water partition coefficient (Wildman–Crippen LogP) is 2.89. The Labute approximate surface area is 194 Å². The van der Waals surface area contributed by atoms with E-state index < -0.39 is 11.6 Å². The fourth-order valence-corrected chi connectivity index (χ4v) is 5.87. The summed E-state index contributed by atoms with van der Waals surface area (Å²) in [6, 6.07) is 5.60. The van der Waals surface area contributed by atoms with Gasteiger partial charge < -0.3 is 20.1 Å². The monoisotopic (exact) mass is 455 g/mol. The largest absolute Gasteiger partial charge is 0.486 e. The van der Waals surface area contributed by atoms with Crippen molar-refractivity contribution in [2.75, 3.05) is 26.3 Å². The number of rotatable bonds is 5. The highest BCUT2D eigenvalue weighted by atomic mass is 16.6. The lowest BCUT2D eigenvalue weighted by Crippen LogP contribution is -2.50. The second kappa shape index (κ2) is 8.54. The minimum absolute atomic E-state index is 0.177. The highest BCUT2D eigenvalue weighted by molar-refractivity contribution is 6.09. The van der Waals surface area contributed by atoms with Crippen molar-refractivity contribution in [2.45, 2.75) is 69.2 Å². The lowest BCUT2D eigenvalue weighted by atomic mass is 9.77. The summed E-state index contributed by atoms with van der Waals surface area (Å²) in [5.74, 6) is 1.51. The van der Waals surface area contributed by atoms with E-state index in [4.69, 9.17) is 9.47 Å². The van der Waals surface area contributed by atoms with E-state index in [0.717, 1.165) is 60.5 Å². The lowest BCUT2D eigenvalue weighted by Gasteiger charge is -2.33. The van der Waals surface area contributed by atoms with Gasteiger partial charge in [-0.2, -0.15) is 0 Å². The molecule has 3 fully saturated rings. The Hall–Kier alpha value is -2.77. The molecule has 4 amide bonds. The first-order valence-corrected chi connectivity index (χ1v) is 12.2. The van der Waals surface area contributed by atoms with Crippen LogP contribution in [0.3, 0.4) is 0 Å². The molecule has 1 aromatic carbocycles. The van der Waals surface area contributed by atoms with Crippen LogP contribution in [0.1, 0.15) is 63.9 Å². The average Bonchev–Trinajstić information content (AvgIpc) is 3.40. The van der Waals surface area contributed by atoms with Gasteiger partial charge in [-0.1, -0.05) is 25.8 Å². The molecule has 1 spiro atoms. The van der Waals surface area contributed by atoms with Gasteiger partial charge in [-0.25, -0.2) is 4.79 Å². The molecular formula is C25H33N3O5. The van der Waals surface area contributed by atoms with Crippen LogP contribution < -0.4 is 20.1 Å². The van der Waals surface area contributed by atoms with E-state index >= 15 is 0 Å². The molecule has 8 heteroatoms.